The lowest BCUT2D eigenvalue weighted by atomic mass is 10.2. The molecule has 1 amide bonds. The number of rotatable bonds is 5. The number of nitrogens with one attached hydrogen (secondary N) is 2. The van der Waals surface area contributed by atoms with Gasteiger partial charge in [0.2, 0.25) is 11.8 Å². The molecule has 0 spiro atoms. The molecule has 1 saturated heterocycles. The third-order valence-electron chi connectivity index (χ3n) is 2.79. The van der Waals surface area contributed by atoms with Crippen molar-refractivity contribution in [2.45, 2.75) is 25.0 Å². The maximum Gasteiger partial charge on any atom is 0.237 e. The number of ether oxygens (including phenoxy) is 1. The van der Waals surface area contributed by atoms with Gasteiger partial charge in [0, 0.05) is 26.6 Å². The maximum absolute atomic E-state index is 11.7. The molecule has 1 aromatic heterocycles. The molecule has 7 heteroatoms. The number of carbonyl (C=O) groups excluding carboxylic acids is 1. The lowest BCUT2D eigenvalue weighted by Gasteiger charge is -2.10. The van der Waals surface area contributed by atoms with E-state index in [-0.39, 0.29) is 18.1 Å². The predicted molar refractivity (Wildman–Crippen MR) is 58.2 cm³/mol. The van der Waals surface area contributed by atoms with Crippen LogP contribution in [-0.4, -0.2) is 48.4 Å². The second-order valence-electron chi connectivity index (χ2n) is 3.93. The summed E-state index contributed by atoms with van der Waals surface area (Å²) in [5.41, 5.74) is 0. The lowest BCUT2D eigenvalue weighted by molar-refractivity contribution is -0.122. The predicted octanol–water partition coefficient (Wildman–Crippen LogP) is -0.895. The standard InChI is InChI=1S/C10H16N4O3/c1-16-7-4-8(12-5-7)10(15)11-3-2-9-13-6-14-17-9/h6-8,12H,2-5H2,1H3,(H,11,15). The fourth-order valence-electron chi connectivity index (χ4n) is 1.80. The summed E-state index contributed by atoms with van der Waals surface area (Å²) in [6, 6.07) is -0.164. The van der Waals surface area contributed by atoms with Crippen LogP contribution in [0.15, 0.2) is 10.9 Å². The van der Waals surface area contributed by atoms with Crippen molar-refractivity contribution in [1.82, 2.24) is 20.8 Å². The van der Waals surface area contributed by atoms with E-state index in [1.807, 2.05) is 0 Å². The van der Waals surface area contributed by atoms with Crippen LogP contribution in [0, 0.1) is 0 Å². The van der Waals surface area contributed by atoms with Gasteiger partial charge in [0.05, 0.1) is 12.1 Å². The molecule has 0 saturated carbocycles. The van der Waals surface area contributed by atoms with Crippen molar-refractivity contribution in [1.29, 1.82) is 0 Å². The molecule has 1 fully saturated rings. The van der Waals surface area contributed by atoms with Gasteiger partial charge in [-0.3, -0.25) is 4.79 Å². The van der Waals surface area contributed by atoms with E-state index in [0.29, 0.717) is 25.3 Å². The third-order valence-corrected chi connectivity index (χ3v) is 2.79. The van der Waals surface area contributed by atoms with Crippen molar-refractivity contribution in [2.24, 2.45) is 0 Å². The van der Waals surface area contributed by atoms with Crippen LogP contribution in [0.5, 0.6) is 0 Å². The number of nitrogens with zero attached hydrogens (tertiary/aromatic N) is 2. The van der Waals surface area contributed by atoms with Gasteiger partial charge < -0.3 is 19.9 Å². The van der Waals surface area contributed by atoms with Crippen LogP contribution in [0.25, 0.3) is 0 Å². The Labute approximate surface area is 98.9 Å². The Morgan fingerprint density at radius 1 is 1.76 bits per heavy atom. The molecule has 94 valence electrons. The molecule has 2 heterocycles. The van der Waals surface area contributed by atoms with Crippen molar-refractivity contribution >= 4 is 5.91 Å². The summed E-state index contributed by atoms with van der Waals surface area (Å²) in [5.74, 6) is 0.517. The van der Waals surface area contributed by atoms with Crippen molar-refractivity contribution in [3.63, 3.8) is 0 Å². The van der Waals surface area contributed by atoms with Gasteiger partial charge in [0.15, 0.2) is 6.33 Å². The van der Waals surface area contributed by atoms with E-state index in [1.54, 1.807) is 7.11 Å². The van der Waals surface area contributed by atoms with Crippen molar-refractivity contribution in [2.75, 3.05) is 20.2 Å². The minimum Gasteiger partial charge on any atom is -0.380 e. The Hall–Kier alpha value is -1.47. The van der Waals surface area contributed by atoms with Gasteiger partial charge in [-0.25, -0.2) is 0 Å². The molecular formula is C10H16N4O3. The summed E-state index contributed by atoms with van der Waals surface area (Å²) in [4.78, 5) is 15.6. The number of carbonyl (C=O) groups is 1. The molecule has 2 atom stereocenters. The van der Waals surface area contributed by atoms with Crippen LogP contribution < -0.4 is 10.6 Å². The van der Waals surface area contributed by atoms with Crippen LogP contribution in [0.4, 0.5) is 0 Å². The molecule has 0 bridgehead atoms. The SMILES string of the molecule is COC1CNC(C(=O)NCCc2ncno2)C1. The molecule has 0 radical (unpaired) electrons. The largest absolute Gasteiger partial charge is 0.380 e. The average molecular weight is 240 g/mol. The highest BCUT2D eigenvalue weighted by molar-refractivity contribution is 5.82. The molecule has 17 heavy (non-hydrogen) atoms. The molecule has 0 aromatic carbocycles. The summed E-state index contributed by atoms with van der Waals surface area (Å²) in [6.07, 6.45) is 2.73. The first kappa shape index (κ1) is 12.0. The highest BCUT2D eigenvalue weighted by atomic mass is 16.5. The third kappa shape index (κ3) is 3.24. The van der Waals surface area contributed by atoms with Gasteiger partial charge in [0.1, 0.15) is 0 Å². The molecule has 1 aromatic rings. The Kier molecular flexibility index (Phi) is 4.05. The van der Waals surface area contributed by atoms with Crippen LogP contribution in [0.1, 0.15) is 12.3 Å². The van der Waals surface area contributed by atoms with Crippen LogP contribution in [-0.2, 0) is 16.0 Å². The summed E-state index contributed by atoms with van der Waals surface area (Å²) < 4.78 is 10.0. The summed E-state index contributed by atoms with van der Waals surface area (Å²) in [5, 5.41) is 9.43. The molecular weight excluding hydrogens is 224 g/mol. The molecule has 2 unspecified atom stereocenters. The van der Waals surface area contributed by atoms with E-state index in [9.17, 15) is 4.79 Å². The van der Waals surface area contributed by atoms with E-state index in [1.165, 1.54) is 6.33 Å². The first-order valence-corrected chi connectivity index (χ1v) is 5.59. The first-order chi connectivity index (χ1) is 8.29. The molecule has 2 rings (SSSR count). The monoisotopic (exact) mass is 240 g/mol. The van der Waals surface area contributed by atoms with Gasteiger partial charge in [-0.15, -0.1) is 0 Å². The number of methoxy groups -OCH3 is 1. The lowest BCUT2D eigenvalue weighted by Crippen LogP contribution is -2.41. The topological polar surface area (TPSA) is 89.3 Å². The second kappa shape index (κ2) is 5.74. The van der Waals surface area contributed by atoms with Gasteiger partial charge in [-0.05, 0) is 6.42 Å². The summed E-state index contributed by atoms with van der Waals surface area (Å²) in [6.45, 7) is 1.22. The normalized spacial score (nSPS) is 23.8. The molecule has 7 nitrogen and oxygen atoms in total. The number of hydrogen-bond acceptors (Lipinski definition) is 6. The van der Waals surface area contributed by atoms with Crippen LogP contribution in [0.2, 0.25) is 0 Å². The van der Waals surface area contributed by atoms with Crippen molar-refractivity contribution in [3.05, 3.63) is 12.2 Å². The number of hydrogen-bond donors (Lipinski definition) is 2. The molecule has 1 aliphatic rings. The Morgan fingerprint density at radius 2 is 2.65 bits per heavy atom. The highest BCUT2D eigenvalue weighted by Gasteiger charge is 2.28. The van der Waals surface area contributed by atoms with Crippen molar-refractivity contribution in [3.8, 4) is 0 Å². The zero-order chi connectivity index (χ0) is 12.1. The van der Waals surface area contributed by atoms with E-state index in [0.717, 1.165) is 6.54 Å². The summed E-state index contributed by atoms with van der Waals surface area (Å²) >= 11 is 0. The minimum atomic E-state index is -0.164. The van der Waals surface area contributed by atoms with Crippen molar-refractivity contribution < 1.29 is 14.1 Å². The second-order valence-corrected chi connectivity index (χ2v) is 3.93. The first-order valence-electron chi connectivity index (χ1n) is 5.59. The van der Waals surface area contributed by atoms with Gasteiger partial charge >= 0.3 is 0 Å². The maximum atomic E-state index is 11.7. The zero-order valence-electron chi connectivity index (χ0n) is 9.68. The van der Waals surface area contributed by atoms with Gasteiger partial charge in [-0.2, -0.15) is 4.98 Å². The van der Waals surface area contributed by atoms with Gasteiger partial charge in [-0.1, -0.05) is 5.16 Å². The Morgan fingerprint density at radius 3 is 3.29 bits per heavy atom. The zero-order valence-corrected chi connectivity index (χ0v) is 9.68. The van der Waals surface area contributed by atoms with E-state index in [2.05, 4.69) is 20.8 Å². The fraction of sp³-hybridized carbons (Fsp3) is 0.700. The minimum absolute atomic E-state index is 0.0101. The molecule has 2 N–H and O–H groups in total. The van der Waals surface area contributed by atoms with E-state index >= 15 is 0 Å². The molecule has 1 aliphatic heterocycles. The quantitative estimate of drug-likeness (QED) is 0.693. The highest BCUT2D eigenvalue weighted by Crippen LogP contribution is 2.09. The Balaban J connectivity index is 1.67. The summed E-state index contributed by atoms with van der Waals surface area (Å²) in [7, 11) is 1.65. The number of aromatic nitrogens is 2. The van der Waals surface area contributed by atoms with E-state index < -0.39 is 0 Å². The molecule has 0 aliphatic carbocycles. The number of amides is 1. The fourth-order valence-corrected chi connectivity index (χ4v) is 1.80. The Bertz CT molecular complexity index is 354. The smallest absolute Gasteiger partial charge is 0.237 e. The van der Waals surface area contributed by atoms with Crippen LogP contribution >= 0.6 is 0 Å². The van der Waals surface area contributed by atoms with Crippen LogP contribution in [0.3, 0.4) is 0 Å². The van der Waals surface area contributed by atoms with Gasteiger partial charge in [0.25, 0.3) is 0 Å². The average Bonchev–Trinajstić information content (AvgIpc) is 2.99. The van der Waals surface area contributed by atoms with E-state index in [4.69, 9.17) is 9.26 Å².